The molecule has 3 rings (SSSR count). The van der Waals surface area contributed by atoms with Crippen molar-refractivity contribution in [2.45, 2.75) is 6.54 Å². The van der Waals surface area contributed by atoms with Crippen molar-refractivity contribution in [2.24, 2.45) is 0 Å². The van der Waals surface area contributed by atoms with Crippen molar-refractivity contribution < 1.29 is 9.21 Å². The van der Waals surface area contributed by atoms with Crippen LogP contribution in [0.25, 0.3) is 11.1 Å². The number of benzene rings is 2. The molecular weight excluding hydrogens is 290 g/mol. The Kier molecular flexibility index (Phi) is 3.75. The molecule has 0 aliphatic carbocycles. The molecule has 0 bridgehead atoms. The molecule has 2 aromatic carbocycles. The van der Waals surface area contributed by atoms with Crippen molar-refractivity contribution >= 4 is 34.4 Å². The van der Waals surface area contributed by atoms with Gasteiger partial charge in [-0.25, -0.2) is 9.78 Å². The van der Waals surface area contributed by atoms with Gasteiger partial charge in [0, 0.05) is 17.3 Å². The van der Waals surface area contributed by atoms with E-state index in [1.165, 1.54) is 6.39 Å². The van der Waals surface area contributed by atoms with Crippen LogP contribution in [0.3, 0.4) is 0 Å². The summed E-state index contributed by atoms with van der Waals surface area (Å²) in [6.45, 7) is 0.399. The largest absolute Gasteiger partial charge is 0.443 e. The Hall–Kier alpha value is -2.53. The number of anilines is 1. The zero-order chi connectivity index (χ0) is 14.7. The maximum absolute atomic E-state index is 11.8. The average Bonchev–Trinajstić information content (AvgIpc) is 2.95. The molecule has 0 saturated heterocycles. The third kappa shape index (κ3) is 3.32. The molecule has 0 radical (unpaired) electrons. The average molecular weight is 302 g/mol. The number of rotatable bonds is 3. The summed E-state index contributed by atoms with van der Waals surface area (Å²) in [5, 5.41) is 6.13. The molecule has 2 N–H and O–H groups in total. The van der Waals surface area contributed by atoms with Gasteiger partial charge in [0.05, 0.1) is 0 Å². The van der Waals surface area contributed by atoms with Crippen LogP contribution in [0, 0.1) is 0 Å². The van der Waals surface area contributed by atoms with E-state index in [2.05, 4.69) is 15.6 Å². The smallest absolute Gasteiger partial charge is 0.319 e. The quantitative estimate of drug-likeness (QED) is 0.773. The molecule has 1 heterocycles. The minimum atomic E-state index is -0.282. The summed E-state index contributed by atoms with van der Waals surface area (Å²) < 4.78 is 5.22. The highest BCUT2D eigenvalue weighted by Gasteiger charge is 2.04. The van der Waals surface area contributed by atoms with Crippen LogP contribution in [0.15, 0.2) is 53.3 Å². The SMILES string of the molecule is O=C(NCc1ccc2ncoc2c1)Nc1ccc(Cl)cc1. The summed E-state index contributed by atoms with van der Waals surface area (Å²) in [5.74, 6) is 0. The summed E-state index contributed by atoms with van der Waals surface area (Å²) in [4.78, 5) is 15.8. The second kappa shape index (κ2) is 5.85. The van der Waals surface area contributed by atoms with Gasteiger partial charge in [-0.2, -0.15) is 0 Å². The summed E-state index contributed by atoms with van der Waals surface area (Å²) in [7, 11) is 0. The zero-order valence-corrected chi connectivity index (χ0v) is 11.7. The number of nitrogens with zero attached hydrogens (tertiary/aromatic N) is 1. The fourth-order valence-corrected chi connectivity index (χ4v) is 2.03. The van der Waals surface area contributed by atoms with Crippen LogP contribution >= 0.6 is 11.6 Å². The molecular formula is C15H12ClN3O2. The molecule has 21 heavy (non-hydrogen) atoms. The molecule has 0 aliphatic rings. The van der Waals surface area contributed by atoms with Gasteiger partial charge in [-0.15, -0.1) is 0 Å². The van der Waals surface area contributed by atoms with Gasteiger partial charge in [-0.05, 0) is 42.0 Å². The molecule has 3 aromatic rings. The van der Waals surface area contributed by atoms with Crippen LogP contribution in [0.4, 0.5) is 10.5 Å². The number of hydrogen-bond donors (Lipinski definition) is 2. The van der Waals surface area contributed by atoms with E-state index in [0.29, 0.717) is 22.8 Å². The Labute approximate surface area is 125 Å². The number of halogens is 1. The lowest BCUT2D eigenvalue weighted by molar-refractivity contribution is 0.251. The van der Waals surface area contributed by atoms with Crippen LogP contribution in [0.5, 0.6) is 0 Å². The minimum absolute atomic E-state index is 0.282. The van der Waals surface area contributed by atoms with Gasteiger partial charge in [0.25, 0.3) is 0 Å². The number of hydrogen-bond acceptors (Lipinski definition) is 3. The highest BCUT2D eigenvalue weighted by molar-refractivity contribution is 6.30. The lowest BCUT2D eigenvalue weighted by Gasteiger charge is -2.07. The molecule has 0 fully saturated rings. The molecule has 2 amide bonds. The maximum atomic E-state index is 11.8. The second-order valence-corrected chi connectivity index (χ2v) is 4.91. The number of oxazole rings is 1. The first kappa shape index (κ1) is 13.5. The molecule has 0 aliphatic heterocycles. The number of carbonyl (C=O) groups excluding carboxylic acids is 1. The fourth-order valence-electron chi connectivity index (χ4n) is 1.90. The lowest BCUT2D eigenvalue weighted by atomic mass is 10.2. The van der Waals surface area contributed by atoms with Gasteiger partial charge >= 0.3 is 6.03 Å². The van der Waals surface area contributed by atoms with E-state index >= 15 is 0 Å². The van der Waals surface area contributed by atoms with E-state index in [4.69, 9.17) is 16.0 Å². The highest BCUT2D eigenvalue weighted by Crippen LogP contribution is 2.15. The van der Waals surface area contributed by atoms with Crippen LogP contribution in [0.1, 0.15) is 5.56 Å². The van der Waals surface area contributed by atoms with E-state index < -0.39 is 0 Å². The van der Waals surface area contributed by atoms with Gasteiger partial charge in [0.15, 0.2) is 12.0 Å². The van der Waals surface area contributed by atoms with Crippen LogP contribution in [0.2, 0.25) is 5.02 Å². The van der Waals surface area contributed by atoms with Crippen LogP contribution in [-0.2, 0) is 6.54 Å². The third-order valence-corrected chi connectivity index (χ3v) is 3.20. The summed E-state index contributed by atoms with van der Waals surface area (Å²) in [6, 6.07) is 12.2. The van der Waals surface area contributed by atoms with Gasteiger partial charge < -0.3 is 15.1 Å². The van der Waals surface area contributed by atoms with Gasteiger partial charge in [0.1, 0.15) is 5.52 Å². The number of aromatic nitrogens is 1. The minimum Gasteiger partial charge on any atom is -0.443 e. The lowest BCUT2D eigenvalue weighted by Crippen LogP contribution is -2.28. The van der Waals surface area contributed by atoms with E-state index in [9.17, 15) is 4.79 Å². The molecule has 0 unspecified atom stereocenters. The van der Waals surface area contributed by atoms with Crippen molar-refractivity contribution in [3.63, 3.8) is 0 Å². The van der Waals surface area contributed by atoms with E-state index in [-0.39, 0.29) is 6.03 Å². The standard InChI is InChI=1S/C15H12ClN3O2/c16-11-2-4-12(5-3-11)19-15(20)17-8-10-1-6-13-14(7-10)21-9-18-13/h1-7,9H,8H2,(H2,17,19,20). The Bertz CT molecular complexity index is 768. The number of fused-ring (bicyclic) bond motifs is 1. The summed E-state index contributed by atoms with van der Waals surface area (Å²) >= 11 is 5.79. The summed E-state index contributed by atoms with van der Waals surface area (Å²) in [6.07, 6.45) is 1.40. The van der Waals surface area contributed by atoms with Crippen molar-refractivity contribution in [1.82, 2.24) is 10.3 Å². The first-order chi connectivity index (χ1) is 10.2. The maximum Gasteiger partial charge on any atom is 0.319 e. The molecule has 106 valence electrons. The predicted octanol–water partition coefficient (Wildman–Crippen LogP) is 3.80. The number of urea groups is 1. The van der Waals surface area contributed by atoms with E-state index in [0.717, 1.165) is 11.1 Å². The third-order valence-electron chi connectivity index (χ3n) is 2.95. The Morgan fingerprint density at radius 1 is 1.19 bits per heavy atom. The topological polar surface area (TPSA) is 67.2 Å². The van der Waals surface area contributed by atoms with Gasteiger partial charge in [0.2, 0.25) is 0 Å². The van der Waals surface area contributed by atoms with Crippen molar-refractivity contribution in [2.75, 3.05) is 5.32 Å². The van der Waals surface area contributed by atoms with Crippen molar-refractivity contribution in [3.05, 3.63) is 59.4 Å². The molecule has 0 atom stereocenters. The normalized spacial score (nSPS) is 10.5. The van der Waals surface area contributed by atoms with Gasteiger partial charge in [-0.1, -0.05) is 17.7 Å². The zero-order valence-electron chi connectivity index (χ0n) is 11.0. The van der Waals surface area contributed by atoms with Crippen molar-refractivity contribution in [1.29, 1.82) is 0 Å². The van der Waals surface area contributed by atoms with Gasteiger partial charge in [-0.3, -0.25) is 0 Å². The Morgan fingerprint density at radius 3 is 2.81 bits per heavy atom. The molecule has 0 spiro atoms. The van der Waals surface area contributed by atoms with Crippen LogP contribution in [-0.4, -0.2) is 11.0 Å². The first-order valence-electron chi connectivity index (χ1n) is 6.33. The highest BCUT2D eigenvalue weighted by atomic mass is 35.5. The Morgan fingerprint density at radius 2 is 2.00 bits per heavy atom. The summed E-state index contributed by atoms with van der Waals surface area (Å²) in [5.41, 5.74) is 3.12. The number of carbonyl (C=O) groups is 1. The molecule has 6 heteroatoms. The monoisotopic (exact) mass is 301 g/mol. The second-order valence-electron chi connectivity index (χ2n) is 4.47. The number of amides is 2. The van der Waals surface area contributed by atoms with E-state index in [1.54, 1.807) is 24.3 Å². The molecule has 0 saturated carbocycles. The fraction of sp³-hybridized carbons (Fsp3) is 0.0667. The van der Waals surface area contributed by atoms with E-state index in [1.807, 2.05) is 18.2 Å². The first-order valence-corrected chi connectivity index (χ1v) is 6.71. The molecule has 1 aromatic heterocycles. The van der Waals surface area contributed by atoms with Crippen LogP contribution < -0.4 is 10.6 Å². The van der Waals surface area contributed by atoms with Crippen molar-refractivity contribution in [3.8, 4) is 0 Å². The Balaban J connectivity index is 1.58. The number of nitrogens with one attached hydrogen (secondary N) is 2. The molecule has 5 nitrogen and oxygen atoms in total. The predicted molar refractivity (Wildman–Crippen MR) is 81.3 cm³/mol.